The highest BCUT2D eigenvalue weighted by atomic mass is 31.2. The maximum atomic E-state index is 12.2. The van der Waals surface area contributed by atoms with Gasteiger partial charge >= 0.3 is 7.60 Å². The van der Waals surface area contributed by atoms with Crippen molar-refractivity contribution in [3.63, 3.8) is 0 Å². The van der Waals surface area contributed by atoms with Gasteiger partial charge in [0.25, 0.3) is 0 Å². The molecule has 0 fully saturated rings. The van der Waals surface area contributed by atoms with Crippen LogP contribution in [-0.2, 0) is 13.6 Å². The zero-order chi connectivity index (χ0) is 12.8. The molecule has 3 nitrogen and oxygen atoms in total. The lowest BCUT2D eigenvalue weighted by Crippen LogP contribution is -1.99. The van der Waals surface area contributed by atoms with Crippen molar-refractivity contribution in [3.8, 4) is 0 Å². The standard InChI is InChI=1S/C12H21O3P/c1-10(2)7-14-16(13,9-12(5)6)15-8-11(3)4/h9H,1,3,7-8H2,2,4-6H3. The summed E-state index contributed by atoms with van der Waals surface area (Å²) < 4.78 is 22.8. The van der Waals surface area contributed by atoms with Crippen molar-refractivity contribution in [3.05, 3.63) is 35.7 Å². The van der Waals surface area contributed by atoms with E-state index in [2.05, 4.69) is 13.2 Å². The molecular weight excluding hydrogens is 223 g/mol. The van der Waals surface area contributed by atoms with E-state index in [9.17, 15) is 4.57 Å². The average molecular weight is 244 g/mol. The second kappa shape index (κ2) is 6.85. The van der Waals surface area contributed by atoms with Crippen LogP contribution in [0.15, 0.2) is 35.7 Å². The van der Waals surface area contributed by atoms with Crippen LogP contribution in [0.25, 0.3) is 0 Å². The van der Waals surface area contributed by atoms with Crippen LogP contribution in [0.4, 0.5) is 0 Å². The third-order valence-electron chi connectivity index (χ3n) is 1.40. The first-order valence-electron chi connectivity index (χ1n) is 5.09. The van der Waals surface area contributed by atoms with Gasteiger partial charge in [0.2, 0.25) is 0 Å². The molecule has 0 atom stereocenters. The predicted octanol–water partition coefficient (Wildman–Crippen LogP) is 4.29. The van der Waals surface area contributed by atoms with Crippen LogP contribution in [0.3, 0.4) is 0 Å². The summed E-state index contributed by atoms with van der Waals surface area (Å²) in [6, 6.07) is 0. The van der Waals surface area contributed by atoms with E-state index in [1.54, 1.807) is 0 Å². The third kappa shape index (κ3) is 7.63. The lowest BCUT2D eigenvalue weighted by Gasteiger charge is -2.16. The molecule has 0 bridgehead atoms. The minimum absolute atomic E-state index is 0.233. The average Bonchev–Trinajstić information content (AvgIpc) is 2.11. The van der Waals surface area contributed by atoms with Crippen LogP contribution in [0.5, 0.6) is 0 Å². The number of hydrogen-bond donors (Lipinski definition) is 0. The largest absolute Gasteiger partial charge is 0.354 e. The number of hydrogen-bond acceptors (Lipinski definition) is 3. The molecular formula is C12H21O3P. The highest BCUT2D eigenvalue weighted by Crippen LogP contribution is 2.51. The highest BCUT2D eigenvalue weighted by molar-refractivity contribution is 7.57. The van der Waals surface area contributed by atoms with Crippen LogP contribution in [0, 0.1) is 0 Å². The second-order valence-corrected chi connectivity index (χ2v) is 6.06. The molecule has 16 heavy (non-hydrogen) atoms. The molecule has 0 aromatic heterocycles. The number of rotatable bonds is 7. The van der Waals surface area contributed by atoms with Gasteiger partial charge in [-0.1, -0.05) is 29.9 Å². The zero-order valence-electron chi connectivity index (χ0n) is 10.6. The predicted molar refractivity (Wildman–Crippen MR) is 68.6 cm³/mol. The van der Waals surface area contributed by atoms with E-state index in [4.69, 9.17) is 9.05 Å². The summed E-state index contributed by atoms with van der Waals surface area (Å²) in [6.45, 7) is 15.2. The Hall–Kier alpha value is -0.630. The van der Waals surface area contributed by atoms with Gasteiger partial charge in [-0.05, 0) is 27.7 Å². The minimum Gasteiger partial charge on any atom is -0.301 e. The van der Waals surface area contributed by atoms with Crippen molar-refractivity contribution in [1.29, 1.82) is 0 Å². The van der Waals surface area contributed by atoms with E-state index in [1.165, 1.54) is 5.82 Å². The van der Waals surface area contributed by atoms with Crippen molar-refractivity contribution in [1.82, 2.24) is 0 Å². The molecule has 0 saturated carbocycles. The summed E-state index contributed by atoms with van der Waals surface area (Å²) in [5.41, 5.74) is 2.51. The van der Waals surface area contributed by atoms with Gasteiger partial charge < -0.3 is 9.05 Å². The summed E-state index contributed by atoms with van der Waals surface area (Å²) in [5.74, 6) is 1.53. The smallest absolute Gasteiger partial charge is 0.301 e. The van der Waals surface area contributed by atoms with Crippen molar-refractivity contribution in [2.45, 2.75) is 27.7 Å². The summed E-state index contributed by atoms with van der Waals surface area (Å²) in [6.07, 6.45) is 0. The van der Waals surface area contributed by atoms with E-state index < -0.39 is 7.60 Å². The molecule has 4 heteroatoms. The van der Waals surface area contributed by atoms with Crippen molar-refractivity contribution < 1.29 is 13.6 Å². The summed E-state index contributed by atoms with van der Waals surface area (Å²) in [7, 11) is -3.17. The Morgan fingerprint density at radius 3 is 1.69 bits per heavy atom. The Labute approximate surface area is 98.4 Å². The molecule has 0 spiro atoms. The molecule has 0 aromatic carbocycles. The van der Waals surface area contributed by atoms with Gasteiger partial charge in [0, 0.05) is 5.82 Å². The first-order chi connectivity index (χ1) is 7.25. The van der Waals surface area contributed by atoms with Gasteiger partial charge in [-0.3, -0.25) is 4.57 Å². The Kier molecular flexibility index (Phi) is 6.58. The highest BCUT2D eigenvalue weighted by Gasteiger charge is 2.21. The molecule has 0 amide bonds. The fourth-order valence-electron chi connectivity index (χ4n) is 0.828. The van der Waals surface area contributed by atoms with Gasteiger partial charge in [0.15, 0.2) is 0 Å². The molecule has 92 valence electrons. The van der Waals surface area contributed by atoms with Crippen molar-refractivity contribution >= 4 is 7.60 Å². The van der Waals surface area contributed by atoms with E-state index >= 15 is 0 Å². The van der Waals surface area contributed by atoms with Crippen LogP contribution in [0.1, 0.15) is 27.7 Å². The van der Waals surface area contributed by atoms with Crippen molar-refractivity contribution in [2.24, 2.45) is 0 Å². The van der Waals surface area contributed by atoms with E-state index in [-0.39, 0.29) is 13.2 Å². The van der Waals surface area contributed by atoms with Crippen LogP contribution in [0.2, 0.25) is 0 Å². The molecule has 0 radical (unpaired) electrons. The van der Waals surface area contributed by atoms with Gasteiger partial charge in [-0.2, -0.15) is 0 Å². The fourth-order valence-corrected chi connectivity index (χ4v) is 2.49. The Morgan fingerprint density at radius 2 is 1.44 bits per heavy atom. The molecule has 0 aliphatic rings. The maximum Gasteiger partial charge on any atom is 0.354 e. The summed E-state index contributed by atoms with van der Waals surface area (Å²) in [4.78, 5) is 0. The number of allylic oxidation sites excluding steroid dienone is 1. The minimum atomic E-state index is -3.17. The molecule has 0 heterocycles. The topological polar surface area (TPSA) is 35.5 Å². The van der Waals surface area contributed by atoms with Gasteiger partial charge in [-0.15, -0.1) is 0 Å². The van der Waals surface area contributed by atoms with E-state index in [0.29, 0.717) is 0 Å². The quantitative estimate of drug-likeness (QED) is 0.495. The Bertz CT molecular complexity index is 316. The Balaban J connectivity index is 4.62. The molecule has 0 saturated heterocycles. The third-order valence-corrected chi connectivity index (χ3v) is 3.21. The molecule has 0 unspecified atom stereocenters. The lowest BCUT2D eigenvalue weighted by atomic mass is 10.4. The molecule has 0 aliphatic carbocycles. The van der Waals surface area contributed by atoms with Gasteiger partial charge in [-0.25, -0.2) is 0 Å². The van der Waals surface area contributed by atoms with Gasteiger partial charge in [0.1, 0.15) is 0 Å². The maximum absolute atomic E-state index is 12.2. The first-order valence-corrected chi connectivity index (χ1v) is 6.70. The van der Waals surface area contributed by atoms with Crippen LogP contribution < -0.4 is 0 Å². The second-order valence-electron chi connectivity index (χ2n) is 4.21. The van der Waals surface area contributed by atoms with Crippen LogP contribution >= 0.6 is 7.60 Å². The fraction of sp³-hybridized carbons (Fsp3) is 0.500. The van der Waals surface area contributed by atoms with Crippen molar-refractivity contribution in [2.75, 3.05) is 13.2 Å². The first kappa shape index (κ1) is 15.4. The molecule has 0 aliphatic heterocycles. The Morgan fingerprint density at radius 1 is 1.06 bits per heavy atom. The molecule has 0 aromatic rings. The molecule has 0 rings (SSSR count). The lowest BCUT2D eigenvalue weighted by molar-refractivity contribution is 0.238. The molecule has 0 N–H and O–H groups in total. The SMILES string of the molecule is C=C(C)COP(=O)(C=C(C)C)OCC(=C)C. The monoisotopic (exact) mass is 244 g/mol. The zero-order valence-corrected chi connectivity index (χ0v) is 11.5. The van der Waals surface area contributed by atoms with Crippen LogP contribution in [-0.4, -0.2) is 13.2 Å². The summed E-state index contributed by atoms with van der Waals surface area (Å²) >= 11 is 0. The van der Waals surface area contributed by atoms with E-state index in [1.807, 2.05) is 27.7 Å². The van der Waals surface area contributed by atoms with Gasteiger partial charge in [0.05, 0.1) is 13.2 Å². The van der Waals surface area contributed by atoms with E-state index in [0.717, 1.165) is 16.7 Å². The summed E-state index contributed by atoms with van der Waals surface area (Å²) in [5, 5.41) is 0. The normalized spacial score (nSPS) is 11.0.